The van der Waals surface area contributed by atoms with E-state index in [1.165, 1.54) is 10.5 Å². The maximum atomic E-state index is 11.6. The predicted octanol–water partition coefficient (Wildman–Crippen LogP) is 2.21. The van der Waals surface area contributed by atoms with E-state index in [1.807, 2.05) is 25.1 Å². The van der Waals surface area contributed by atoms with Gasteiger partial charge in [0, 0.05) is 25.6 Å². The molecular weight excluding hydrogens is 228 g/mol. The lowest BCUT2D eigenvalue weighted by Gasteiger charge is -2.25. The number of benzene rings is 1. The lowest BCUT2D eigenvalue weighted by Crippen LogP contribution is -2.47. The Morgan fingerprint density at radius 3 is 2.67 bits per heavy atom. The minimum Gasteiger partial charge on any atom is -0.487 e. The van der Waals surface area contributed by atoms with Crippen LogP contribution in [0.1, 0.15) is 25.3 Å². The van der Waals surface area contributed by atoms with Crippen molar-refractivity contribution in [1.29, 1.82) is 0 Å². The predicted molar refractivity (Wildman–Crippen MR) is 71.0 cm³/mol. The number of hydrogen-bond acceptors (Lipinski definition) is 2. The molecule has 3 atom stereocenters. The number of rotatable bonds is 2. The summed E-state index contributed by atoms with van der Waals surface area (Å²) in [4.78, 5) is 13.2. The van der Waals surface area contributed by atoms with Crippen molar-refractivity contribution in [2.45, 2.75) is 31.9 Å². The number of ether oxygens (including phenoxy) is 1. The van der Waals surface area contributed by atoms with Gasteiger partial charge in [0.05, 0.1) is 6.04 Å². The van der Waals surface area contributed by atoms with E-state index >= 15 is 0 Å². The second kappa shape index (κ2) is 4.88. The number of nitrogens with one attached hydrogen (secondary N) is 1. The summed E-state index contributed by atoms with van der Waals surface area (Å²) >= 11 is 0. The van der Waals surface area contributed by atoms with E-state index in [0.29, 0.717) is 5.92 Å². The quantitative estimate of drug-likeness (QED) is 0.872. The third kappa shape index (κ3) is 2.28. The van der Waals surface area contributed by atoms with Gasteiger partial charge in [-0.25, -0.2) is 4.79 Å². The number of carbonyl (C=O) groups excluding carboxylic acids is 1. The Kier molecular flexibility index (Phi) is 3.45. The van der Waals surface area contributed by atoms with E-state index in [-0.39, 0.29) is 18.2 Å². The van der Waals surface area contributed by atoms with Gasteiger partial charge in [-0.05, 0) is 13.0 Å². The summed E-state index contributed by atoms with van der Waals surface area (Å²) < 4.78 is 5.93. The summed E-state index contributed by atoms with van der Waals surface area (Å²) in [5, 5.41) is 2.95. The van der Waals surface area contributed by atoms with Crippen LogP contribution in [-0.4, -0.2) is 37.2 Å². The fourth-order valence-corrected chi connectivity index (χ4v) is 2.33. The number of hydrogen-bond donors (Lipinski definition) is 1. The average molecular weight is 248 g/mol. The molecule has 4 heteroatoms. The van der Waals surface area contributed by atoms with Gasteiger partial charge in [0.1, 0.15) is 11.9 Å². The van der Waals surface area contributed by atoms with Crippen molar-refractivity contribution < 1.29 is 9.53 Å². The Bertz CT molecular complexity index is 445. The monoisotopic (exact) mass is 248 g/mol. The van der Waals surface area contributed by atoms with E-state index in [4.69, 9.17) is 4.74 Å². The van der Waals surface area contributed by atoms with Gasteiger partial charge in [-0.2, -0.15) is 0 Å². The molecule has 2 amide bonds. The van der Waals surface area contributed by atoms with E-state index in [0.717, 1.165) is 5.75 Å². The zero-order valence-electron chi connectivity index (χ0n) is 11.3. The number of nitrogens with zero attached hydrogens (tertiary/aromatic N) is 1. The smallest absolute Gasteiger partial charge is 0.317 e. The molecule has 0 fully saturated rings. The SMILES string of the molecule is CC(NC(=O)N(C)C)C1Oc2ccccc2C1C. The highest BCUT2D eigenvalue weighted by molar-refractivity contribution is 5.73. The molecule has 0 saturated carbocycles. The van der Waals surface area contributed by atoms with Crippen LogP contribution in [0.4, 0.5) is 4.79 Å². The first-order valence-electron chi connectivity index (χ1n) is 6.24. The fraction of sp³-hybridized carbons (Fsp3) is 0.500. The minimum atomic E-state index is -0.0887. The normalized spacial score (nSPS) is 22.9. The highest BCUT2D eigenvalue weighted by Crippen LogP contribution is 2.38. The number of carbonyl (C=O) groups is 1. The van der Waals surface area contributed by atoms with Crippen LogP contribution in [0.2, 0.25) is 0 Å². The van der Waals surface area contributed by atoms with Gasteiger partial charge >= 0.3 is 6.03 Å². The molecule has 1 aliphatic rings. The van der Waals surface area contributed by atoms with Crippen molar-refractivity contribution >= 4 is 6.03 Å². The van der Waals surface area contributed by atoms with Crippen LogP contribution in [0.3, 0.4) is 0 Å². The van der Waals surface area contributed by atoms with Gasteiger partial charge in [0.15, 0.2) is 0 Å². The van der Waals surface area contributed by atoms with Crippen LogP contribution in [0, 0.1) is 0 Å². The van der Waals surface area contributed by atoms with Crippen LogP contribution in [0.25, 0.3) is 0 Å². The Balaban J connectivity index is 2.07. The molecule has 0 aromatic heterocycles. The highest BCUT2D eigenvalue weighted by Gasteiger charge is 2.35. The molecule has 4 nitrogen and oxygen atoms in total. The maximum absolute atomic E-state index is 11.6. The van der Waals surface area contributed by atoms with E-state index in [1.54, 1.807) is 14.1 Å². The second-order valence-corrected chi connectivity index (χ2v) is 5.04. The average Bonchev–Trinajstić information content (AvgIpc) is 2.67. The van der Waals surface area contributed by atoms with Gasteiger partial charge in [-0.15, -0.1) is 0 Å². The largest absolute Gasteiger partial charge is 0.487 e. The molecule has 1 aliphatic heterocycles. The lowest BCUT2D eigenvalue weighted by atomic mass is 9.94. The summed E-state index contributed by atoms with van der Waals surface area (Å²) in [5.41, 5.74) is 1.22. The van der Waals surface area contributed by atoms with Gasteiger partial charge in [0.2, 0.25) is 0 Å². The summed E-state index contributed by atoms with van der Waals surface area (Å²) in [6, 6.07) is 7.94. The first kappa shape index (κ1) is 12.7. The first-order valence-corrected chi connectivity index (χ1v) is 6.24. The van der Waals surface area contributed by atoms with Gasteiger partial charge < -0.3 is 15.0 Å². The summed E-state index contributed by atoms with van der Waals surface area (Å²) in [7, 11) is 3.46. The molecule has 0 saturated heterocycles. The molecule has 0 radical (unpaired) electrons. The first-order chi connectivity index (χ1) is 8.50. The van der Waals surface area contributed by atoms with E-state index in [2.05, 4.69) is 18.3 Å². The molecule has 18 heavy (non-hydrogen) atoms. The molecule has 0 aliphatic carbocycles. The van der Waals surface area contributed by atoms with E-state index in [9.17, 15) is 4.79 Å². The number of fused-ring (bicyclic) bond motifs is 1. The Morgan fingerprint density at radius 1 is 1.39 bits per heavy atom. The second-order valence-electron chi connectivity index (χ2n) is 5.04. The third-order valence-electron chi connectivity index (χ3n) is 3.42. The standard InChI is InChI=1S/C14H20N2O2/c1-9-11-7-5-6-8-12(11)18-13(9)10(2)15-14(17)16(3)4/h5-10,13H,1-4H3,(H,15,17). The van der Waals surface area contributed by atoms with Crippen LogP contribution >= 0.6 is 0 Å². The van der Waals surface area contributed by atoms with Crippen molar-refractivity contribution in [2.24, 2.45) is 0 Å². The number of para-hydroxylation sites is 1. The van der Waals surface area contributed by atoms with Crippen molar-refractivity contribution in [3.63, 3.8) is 0 Å². The summed E-state index contributed by atoms with van der Waals surface area (Å²) in [5.74, 6) is 1.22. The van der Waals surface area contributed by atoms with E-state index < -0.39 is 0 Å². The van der Waals surface area contributed by atoms with Crippen molar-refractivity contribution in [3.8, 4) is 5.75 Å². The molecule has 2 rings (SSSR count). The topological polar surface area (TPSA) is 41.6 Å². The molecule has 1 aromatic rings. The Hall–Kier alpha value is -1.71. The Morgan fingerprint density at radius 2 is 2.06 bits per heavy atom. The number of urea groups is 1. The molecule has 1 heterocycles. The Labute approximate surface area is 108 Å². The molecular formula is C14H20N2O2. The van der Waals surface area contributed by atoms with Crippen LogP contribution < -0.4 is 10.1 Å². The van der Waals surface area contributed by atoms with Crippen molar-refractivity contribution in [1.82, 2.24) is 10.2 Å². The molecule has 0 bridgehead atoms. The molecule has 1 aromatic carbocycles. The molecule has 98 valence electrons. The maximum Gasteiger partial charge on any atom is 0.317 e. The zero-order chi connectivity index (χ0) is 13.3. The van der Waals surface area contributed by atoms with Crippen molar-refractivity contribution in [3.05, 3.63) is 29.8 Å². The van der Waals surface area contributed by atoms with Gasteiger partial charge in [-0.3, -0.25) is 0 Å². The molecule has 0 spiro atoms. The van der Waals surface area contributed by atoms with Crippen LogP contribution in [0.5, 0.6) is 5.75 Å². The highest BCUT2D eigenvalue weighted by atomic mass is 16.5. The minimum absolute atomic E-state index is 0.00806. The summed E-state index contributed by atoms with van der Waals surface area (Å²) in [6.07, 6.45) is -0.00806. The zero-order valence-corrected chi connectivity index (χ0v) is 11.3. The van der Waals surface area contributed by atoms with Gasteiger partial charge in [0.25, 0.3) is 0 Å². The molecule has 1 N–H and O–H groups in total. The lowest BCUT2D eigenvalue weighted by molar-refractivity contribution is 0.158. The van der Waals surface area contributed by atoms with Crippen LogP contribution in [-0.2, 0) is 0 Å². The number of amides is 2. The third-order valence-corrected chi connectivity index (χ3v) is 3.42. The summed E-state index contributed by atoms with van der Waals surface area (Å²) in [6.45, 7) is 4.11. The van der Waals surface area contributed by atoms with Crippen molar-refractivity contribution in [2.75, 3.05) is 14.1 Å². The van der Waals surface area contributed by atoms with Gasteiger partial charge in [-0.1, -0.05) is 25.1 Å². The fourth-order valence-electron chi connectivity index (χ4n) is 2.33. The molecule has 3 unspecified atom stereocenters. The van der Waals surface area contributed by atoms with Crippen LogP contribution in [0.15, 0.2) is 24.3 Å².